The molecule has 0 saturated carbocycles. The van der Waals surface area contributed by atoms with Gasteiger partial charge in [0.1, 0.15) is 11.9 Å². The summed E-state index contributed by atoms with van der Waals surface area (Å²) in [6.45, 7) is 7.73. The zero-order valence-electron chi connectivity index (χ0n) is 18.8. The highest BCUT2D eigenvalue weighted by molar-refractivity contribution is 7.89. The van der Waals surface area contributed by atoms with Gasteiger partial charge in [0.05, 0.1) is 24.7 Å². The normalized spacial score (nSPS) is 22.7. The van der Waals surface area contributed by atoms with Gasteiger partial charge in [-0.2, -0.15) is 4.31 Å². The molecular formula is C23H31NO6S. The molecule has 7 nitrogen and oxygen atoms in total. The molecule has 1 aromatic carbocycles. The lowest BCUT2D eigenvalue weighted by Crippen LogP contribution is -2.42. The molecule has 31 heavy (non-hydrogen) atoms. The van der Waals surface area contributed by atoms with Gasteiger partial charge < -0.3 is 19.3 Å². The van der Waals surface area contributed by atoms with Crippen molar-refractivity contribution in [1.29, 1.82) is 0 Å². The first kappa shape index (κ1) is 23.4. The van der Waals surface area contributed by atoms with E-state index < -0.39 is 15.6 Å². The van der Waals surface area contributed by atoms with Gasteiger partial charge in [-0.05, 0) is 39.8 Å². The van der Waals surface area contributed by atoms with Crippen LogP contribution in [0.4, 0.5) is 0 Å². The number of methoxy groups -OCH3 is 2. The molecule has 0 saturated heterocycles. The molecule has 0 bridgehead atoms. The number of phenols is 1. The summed E-state index contributed by atoms with van der Waals surface area (Å²) in [4.78, 5) is 0.0473. The Morgan fingerprint density at radius 1 is 1.19 bits per heavy atom. The second-order valence-electron chi connectivity index (χ2n) is 8.51. The molecule has 8 heteroatoms. The highest BCUT2D eigenvalue weighted by atomic mass is 32.2. The first-order chi connectivity index (χ1) is 14.5. The lowest BCUT2D eigenvalue weighted by Gasteiger charge is -2.39. The van der Waals surface area contributed by atoms with Crippen LogP contribution < -0.4 is 4.74 Å². The minimum absolute atomic E-state index is 0.0391. The first-order valence-electron chi connectivity index (χ1n) is 10.2. The summed E-state index contributed by atoms with van der Waals surface area (Å²) < 4.78 is 45.4. The Balaban J connectivity index is 1.98. The van der Waals surface area contributed by atoms with Crippen molar-refractivity contribution >= 4 is 10.0 Å². The predicted molar refractivity (Wildman–Crippen MR) is 118 cm³/mol. The maximum Gasteiger partial charge on any atom is 0.243 e. The maximum atomic E-state index is 13.5. The molecule has 0 radical (unpaired) electrons. The van der Waals surface area contributed by atoms with Crippen molar-refractivity contribution in [3.05, 3.63) is 53.8 Å². The van der Waals surface area contributed by atoms with Crippen LogP contribution in [0, 0.1) is 5.92 Å². The van der Waals surface area contributed by atoms with E-state index >= 15 is 0 Å². The Hall–Kier alpha value is -2.29. The molecule has 0 amide bonds. The lowest BCUT2D eigenvalue weighted by atomic mass is 9.87. The predicted octanol–water partition coefficient (Wildman–Crippen LogP) is 3.62. The van der Waals surface area contributed by atoms with Crippen molar-refractivity contribution in [3.63, 3.8) is 0 Å². The topological polar surface area (TPSA) is 85.3 Å². The molecule has 1 heterocycles. The van der Waals surface area contributed by atoms with Crippen molar-refractivity contribution < 1.29 is 27.7 Å². The van der Waals surface area contributed by atoms with Crippen LogP contribution in [0.25, 0.3) is 0 Å². The zero-order chi connectivity index (χ0) is 23.0. The lowest BCUT2D eigenvalue weighted by molar-refractivity contribution is -0.0663. The van der Waals surface area contributed by atoms with E-state index in [9.17, 15) is 13.5 Å². The second-order valence-corrected chi connectivity index (χ2v) is 10.4. The summed E-state index contributed by atoms with van der Waals surface area (Å²) in [7, 11) is -0.907. The van der Waals surface area contributed by atoms with E-state index in [2.05, 4.69) is 6.08 Å². The maximum absolute atomic E-state index is 13.5. The number of phenolic OH excluding ortho intramolecular Hbond substituents is 1. The molecule has 1 aliphatic carbocycles. The highest BCUT2D eigenvalue weighted by Gasteiger charge is 2.38. The second kappa shape index (κ2) is 8.68. The molecule has 3 rings (SSSR count). The smallest absolute Gasteiger partial charge is 0.243 e. The van der Waals surface area contributed by atoms with Gasteiger partial charge in [0, 0.05) is 30.1 Å². The molecule has 0 aromatic heterocycles. The van der Waals surface area contributed by atoms with Gasteiger partial charge >= 0.3 is 0 Å². The summed E-state index contributed by atoms with van der Waals surface area (Å²) in [5.74, 6) is 0.658. The van der Waals surface area contributed by atoms with E-state index in [1.54, 1.807) is 7.11 Å². The van der Waals surface area contributed by atoms with E-state index in [1.807, 2.05) is 45.9 Å². The Labute approximate surface area is 184 Å². The quantitative estimate of drug-likeness (QED) is 0.640. The van der Waals surface area contributed by atoms with Gasteiger partial charge in [-0.1, -0.05) is 24.3 Å². The van der Waals surface area contributed by atoms with Gasteiger partial charge in [0.25, 0.3) is 0 Å². The van der Waals surface area contributed by atoms with Crippen LogP contribution in [0.1, 0.15) is 27.7 Å². The molecule has 0 spiro atoms. The standard InChI is InChI=1S/C23H31NO6S/c1-15(2)24(31(26,27)18-9-10-19(25)20(13-18)28-5)14-17-8-7-16-11-12-23(3,4)30-22(16)21(17)29-6/h7-13,15-16,22,25H,14H2,1-6H3. The van der Waals surface area contributed by atoms with Gasteiger partial charge in [-0.3, -0.25) is 0 Å². The number of sulfonamides is 1. The van der Waals surface area contributed by atoms with Crippen molar-refractivity contribution in [3.8, 4) is 11.5 Å². The third-order valence-electron chi connectivity index (χ3n) is 5.47. The molecule has 2 aliphatic rings. The minimum atomic E-state index is -3.87. The zero-order valence-corrected chi connectivity index (χ0v) is 19.6. The van der Waals surface area contributed by atoms with Gasteiger partial charge in [0.15, 0.2) is 11.5 Å². The molecule has 1 aromatic rings. The van der Waals surface area contributed by atoms with E-state index in [4.69, 9.17) is 14.2 Å². The molecule has 2 unspecified atom stereocenters. The summed E-state index contributed by atoms with van der Waals surface area (Å²) in [6, 6.07) is 3.71. The van der Waals surface area contributed by atoms with Crippen molar-refractivity contribution in [1.82, 2.24) is 4.31 Å². The number of aromatic hydroxyl groups is 1. The number of benzene rings is 1. The van der Waals surface area contributed by atoms with Crippen LogP contribution >= 0.6 is 0 Å². The Kier molecular flexibility index (Phi) is 6.55. The number of fused-ring (bicyclic) bond motifs is 1. The number of rotatable bonds is 7. The average molecular weight is 450 g/mol. The Morgan fingerprint density at radius 3 is 2.52 bits per heavy atom. The molecule has 1 aliphatic heterocycles. The molecule has 170 valence electrons. The third-order valence-corrected chi connectivity index (χ3v) is 7.49. The van der Waals surface area contributed by atoms with E-state index in [0.717, 1.165) is 5.57 Å². The number of hydrogen-bond donors (Lipinski definition) is 1. The van der Waals surface area contributed by atoms with E-state index in [-0.39, 0.29) is 41.0 Å². The van der Waals surface area contributed by atoms with Crippen LogP contribution in [0.15, 0.2) is 58.7 Å². The van der Waals surface area contributed by atoms with Crippen LogP contribution in [-0.4, -0.2) is 56.3 Å². The summed E-state index contributed by atoms with van der Waals surface area (Å²) >= 11 is 0. The summed E-state index contributed by atoms with van der Waals surface area (Å²) in [5.41, 5.74) is 0.311. The van der Waals surface area contributed by atoms with Gasteiger partial charge in [0.2, 0.25) is 10.0 Å². The average Bonchev–Trinajstić information content (AvgIpc) is 2.70. The van der Waals surface area contributed by atoms with E-state index in [0.29, 0.717) is 5.76 Å². The van der Waals surface area contributed by atoms with Crippen LogP contribution in [0.3, 0.4) is 0 Å². The molecule has 0 fully saturated rings. The highest BCUT2D eigenvalue weighted by Crippen LogP contribution is 2.37. The van der Waals surface area contributed by atoms with Gasteiger partial charge in [-0.25, -0.2) is 8.42 Å². The fourth-order valence-corrected chi connectivity index (χ4v) is 5.45. The monoisotopic (exact) mass is 449 g/mol. The number of hydrogen-bond acceptors (Lipinski definition) is 6. The van der Waals surface area contributed by atoms with Crippen molar-refractivity contribution in [2.24, 2.45) is 5.92 Å². The minimum Gasteiger partial charge on any atom is -0.504 e. The van der Waals surface area contributed by atoms with Crippen LogP contribution in [0.5, 0.6) is 11.5 Å². The summed E-state index contributed by atoms with van der Waals surface area (Å²) in [5, 5.41) is 9.84. The fourth-order valence-electron chi connectivity index (χ4n) is 3.82. The van der Waals surface area contributed by atoms with E-state index in [1.165, 1.54) is 29.6 Å². The number of nitrogens with zero attached hydrogens (tertiary/aromatic N) is 1. The Bertz CT molecular complexity index is 1020. The van der Waals surface area contributed by atoms with Crippen LogP contribution in [0.2, 0.25) is 0 Å². The molecule has 1 N–H and O–H groups in total. The molecular weight excluding hydrogens is 418 g/mol. The number of ether oxygens (including phenoxy) is 3. The van der Waals surface area contributed by atoms with Crippen molar-refractivity contribution in [2.75, 3.05) is 20.8 Å². The Morgan fingerprint density at radius 2 is 1.90 bits per heavy atom. The third kappa shape index (κ3) is 4.66. The SMILES string of the molecule is COC1=C(CN(C(C)C)S(=O)(=O)c2ccc(O)c(OC)c2)C=CC2C=CC(C)(C)OC12. The molecule has 2 atom stereocenters. The largest absolute Gasteiger partial charge is 0.504 e. The van der Waals surface area contributed by atoms with Gasteiger partial charge in [-0.15, -0.1) is 0 Å². The fraction of sp³-hybridized carbons (Fsp3) is 0.478. The first-order valence-corrected chi connectivity index (χ1v) is 11.7. The summed E-state index contributed by atoms with van der Waals surface area (Å²) in [6.07, 6.45) is 7.74. The van der Waals surface area contributed by atoms with Crippen molar-refractivity contribution in [2.45, 2.75) is 50.3 Å². The van der Waals surface area contributed by atoms with Crippen LogP contribution in [-0.2, 0) is 19.5 Å².